The second-order valence-electron chi connectivity index (χ2n) is 8.74. The molecule has 0 heterocycles. The molecule has 3 unspecified atom stereocenters. The molecule has 0 aliphatic heterocycles. The first-order chi connectivity index (χ1) is 16.6. The van der Waals surface area contributed by atoms with Gasteiger partial charge in [-0.15, -0.1) is 0 Å². The molecule has 1 N–H and O–H groups in total. The zero-order valence-electron chi connectivity index (χ0n) is 19.5. The van der Waals surface area contributed by atoms with Crippen molar-refractivity contribution < 1.29 is 9.90 Å². The van der Waals surface area contributed by atoms with Crippen LogP contribution in [0.1, 0.15) is 40.0 Å². The van der Waals surface area contributed by atoms with Gasteiger partial charge in [-0.3, -0.25) is 9.69 Å². The van der Waals surface area contributed by atoms with E-state index < -0.39 is 12.0 Å². The van der Waals surface area contributed by atoms with Crippen LogP contribution in [0.3, 0.4) is 0 Å². The number of benzene rings is 4. The van der Waals surface area contributed by atoms with Crippen molar-refractivity contribution in [1.29, 1.82) is 0 Å². The minimum Gasteiger partial charge on any atom is -0.390 e. The number of Topliss-reactive ketones (excluding diaryl/α,β-unsaturated/α-hetero) is 1. The van der Waals surface area contributed by atoms with Crippen LogP contribution in [0.4, 0.5) is 0 Å². The Hall–Kier alpha value is -3.53. The van der Waals surface area contributed by atoms with Crippen molar-refractivity contribution in [2.24, 2.45) is 5.92 Å². The Bertz CT molecular complexity index is 1110. The molecule has 0 bridgehead atoms. The number of aliphatic hydroxyl groups excluding tert-OH is 1. The number of hydrogen-bond donors (Lipinski definition) is 1. The van der Waals surface area contributed by atoms with Crippen LogP contribution in [0.2, 0.25) is 0 Å². The van der Waals surface area contributed by atoms with Crippen LogP contribution >= 0.6 is 0 Å². The summed E-state index contributed by atoms with van der Waals surface area (Å²) in [7, 11) is 0. The van der Waals surface area contributed by atoms with Gasteiger partial charge < -0.3 is 5.11 Å². The van der Waals surface area contributed by atoms with E-state index in [-0.39, 0.29) is 11.8 Å². The average molecular weight is 450 g/mol. The molecule has 4 aromatic rings. The maximum Gasteiger partial charge on any atom is 0.168 e. The Kier molecular flexibility index (Phi) is 8.03. The van der Waals surface area contributed by atoms with Crippen LogP contribution < -0.4 is 0 Å². The van der Waals surface area contributed by atoms with Gasteiger partial charge in [-0.05, 0) is 16.7 Å². The van der Waals surface area contributed by atoms with Gasteiger partial charge in [-0.2, -0.15) is 0 Å². The quantitative estimate of drug-likeness (QED) is 0.288. The van der Waals surface area contributed by atoms with Crippen molar-refractivity contribution in [3.63, 3.8) is 0 Å². The minimum atomic E-state index is -0.887. The van der Waals surface area contributed by atoms with E-state index in [9.17, 15) is 9.90 Å². The number of carbonyl (C=O) groups excluding carboxylic acids is 1. The zero-order chi connectivity index (χ0) is 23.8. The molecule has 0 fully saturated rings. The summed E-state index contributed by atoms with van der Waals surface area (Å²) in [6, 6.07) is 39.5. The van der Waals surface area contributed by atoms with Gasteiger partial charge in [0.2, 0.25) is 0 Å². The molecule has 0 amide bonds. The second-order valence-corrected chi connectivity index (χ2v) is 8.74. The van der Waals surface area contributed by atoms with Crippen LogP contribution in [0.15, 0.2) is 121 Å². The number of ketones is 1. The second kappa shape index (κ2) is 11.6. The molecule has 0 spiro atoms. The lowest BCUT2D eigenvalue weighted by Gasteiger charge is -2.37. The van der Waals surface area contributed by atoms with Gasteiger partial charge in [0.05, 0.1) is 12.1 Å². The number of carbonyl (C=O) groups is 1. The standard InChI is InChI=1S/C31H31NO2/c1-24(30(33)28-20-12-5-13-21-28)31(34)29(27-18-10-4-11-19-27)32(22-25-14-6-2-7-15-25)23-26-16-8-3-9-17-26/h2-21,24,29,31,34H,22-23H2,1H3. The highest BCUT2D eigenvalue weighted by atomic mass is 16.3. The predicted molar refractivity (Wildman–Crippen MR) is 137 cm³/mol. The molecular weight excluding hydrogens is 418 g/mol. The maximum atomic E-state index is 13.3. The molecule has 4 rings (SSSR count). The molecule has 0 aliphatic carbocycles. The van der Waals surface area contributed by atoms with Gasteiger partial charge in [-0.1, -0.05) is 128 Å². The van der Waals surface area contributed by atoms with E-state index in [0.717, 1.165) is 16.7 Å². The summed E-state index contributed by atoms with van der Waals surface area (Å²) in [5, 5.41) is 11.7. The highest BCUT2D eigenvalue weighted by Crippen LogP contribution is 2.32. The highest BCUT2D eigenvalue weighted by Gasteiger charge is 2.35. The molecule has 0 aromatic heterocycles. The third kappa shape index (κ3) is 5.88. The highest BCUT2D eigenvalue weighted by molar-refractivity contribution is 5.98. The van der Waals surface area contributed by atoms with E-state index in [1.54, 1.807) is 0 Å². The molecule has 0 saturated carbocycles. The maximum absolute atomic E-state index is 13.3. The Morgan fingerprint density at radius 3 is 1.56 bits per heavy atom. The largest absolute Gasteiger partial charge is 0.390 e. The number of nitrogens with zero attached hydrogens (tertiary/aromatic N) is 1. The Morgan fingerprint density at radius 2 is 1.09 bits per heavy atom. The third-order valence-electron chi connectivity index (χ3n) is 6.30. The average Bonchev–Trinajstić information content (AvgIpc) is 2.90. The number of hydrogen-bond acceptors (Lipinski definition) is 3. The Balaban J connectivity index is 1.71. The van der Waals surface area contributed by atoms with Crippen LogP contribution in [0.5, 0.6) is 0 Å². The van der Waals surface area contributed by atoms with Crippen molar-refractivity contribution in [2.45, 2.75) is 32.2 Å². The lowest BCUT2D eigenvalue weighted by Crippen LogP contribution is -2.41. The van der Waals surface area contributed by atoms with Gasteiger partial charge >= 0.3 is 0 Å². The van der Waals surface area contributed by atoms with Crippen molar-refractivity contribution in [3.05, 3.63) is 144 Å². The summed E-state index contributed by atoms with van der Waals surface area (Å²) in [6.07, 6.45) is -0.887. The normalized spacial score (nSPS) is 13.9. The Labute approximate surface area is 202 Å². The van der Waals surface area contributed by atoms with Gasteiger partial charge in [0, 0.05) is 24.6 Å². The first-order valence-corrected chi connectivity index (χ1v) is 11.8. The van der Waals surface area contributed by atoms with Crippen molar-refractivity contribution in [2.75, 3.05) is 0 Å². The topological polar surface area (TPSA) is 40.5 Å². The summed E-state index contributed by atoms with van der Waals surface area (Å²) < 4.78 is 0. The summed E-state index contributed by atoms with van der Waals surface area (Å²) in [5.41, 5.74) is 3.94. The lowest BCUT2D eigenvalue weighted by atomic mass is 9.86. The number of aliphatic hydroxyl groups is 1. The number of rotatable bonds is 10. The fourth-order valence-electron chi connectivity index (χ4n) is 4.46. The monoisotopic (exact) mass is 449 g/mol. The van der Waals surface area contributed by atoms with Gasteiger partial charge in [-0.25, -0.2) is 0 Å². The van der Waals surface area contributed by atoms with Gasteiger partial charge in [0.15, 0.2) is 5.78 Å². The molecule has 0 radical (unpaired) electrons. The molecule has 3 atom stereocenters. The van der Waals surface area contributed by atoms with E-state index in [1.807, 2.05) is 104 Å². The van der Waals surface area contributed by atoms with E-state index in [4.69, 9.17) is 0 Å². The SMILES string of the molecule is CC(C(=O)c1ccccc1)C(O)C(c1ccccc1)N(Cc1ccccc1)Cc1ccccc1. The Morgan fingerprint density at radius 1 is 0.676 bits per heavy atom. The van der Waals surface area contributed by atoms with Crippen molar-refractivity contribution >= 4 is 5.78 Å². The van der Waals surface area contributed by atoms with E-state index in [2.05, 4.69) is 29.2 Å². The molecule has 0 aliphatic rings. The zero-order valence-corrected chi connectivity index (χ0v) is 19.5. The summed E-state index contributed by atoms with van der Waals surface area (Å²) >= 11 is 0. The fourth-order valence-corrected chi connectivity index (χ4v) is 4.46. The molecule has 3 nitrogen and oxygen atoms in total. The molecular formula is C31H31NO2. The van der Waals surface area contributed by atoms with Gasteiger partial charge in [0.1, 0.15) is 0 Å². The smallest absolute Gasteiger partial charge is 0.168 e. The predicted octanol–water partition coefficient (Wildman–Crippen LogP) is 6.31. The van der Waals surface area contributed by atoms with E-state index >= 15 is 0 Å². The van der Waals surface area contributed by atoms with Crippen LogP contribution in [-0.2, 0) is 13.1 Å². The van der Waals surface area contributed by atoms with Crippen LogP contribution in [0, 0.1) is 5.92 Å². The summed E-state index contributed by atoms with van der Waals surface area (Å²) in [6.45, 7) is 3.14. The molecule has 34 heavy (non-hydrogen) atoms. The molecule has 172 valence electrons. The third-order valence-corrected chi connectivity index (χ3v) is 6.30. The minimum absolute atomic E-state index is 0.0478. The summed E-state index contributed by atoms with van der Waals surface area (Å²) in [4.78, 5) is 15.6. The van der Waals surface area contributed by atoms with Gasteiger partial charge in [0.25, 0.3) is 0 Å². The van der Waals surface area contributed by atoms with Crippen LogP contribution in [-0.4, -0.2) is 21.9 Å². The fraction of sp³-hybridized carbons (Fsp3) is 0.194. The molecule has 4 aromatic carbocycles. The molecule has 0 saturated heterocycles. The van der Waals surface area contributed by atoms with E-state index in [1.165, 1.54) is 0 Å². The van der Waals surface area contributed by atoms with E-state index in [0.29, 0.717) is 18.7 Å². The summed E-state index contributed by atoms with van der Waals surface area (Å²) in [5.74, 6) is -0.616. The van der Waals surface area contributed by atoms with Crippen LogP contribution in [0.25, 0.3) is 0 Å². The molecule has 3 heteroatoms. The first-order valence-electron chi connectivity index (χ1n) is 11.8. The lowest BCUT2D eigenvalue weighted by molar-refractivity contribution is 0.00829. The van der Waals surface area contributed by atoms with Crippen molar-refractivity contribution in [1.82, 2.24) is 4.90 Å². The first kappa shape index (κ1) is 23.6. The van der Waals surface area contributed by atoms with Crippen molar-refractivity contribution in [3.8, 4) is 0 Å².